The maximum Gasteiger partial charge on any atom is 0.254 e. The monoisotopic (exact) mass is 312 g/mol. The highest BCUT2D eigenvalue weighted by Gasteiger charge is 2.31. The topological polar surface area (TPSA) is 51.7 Å². The summed E-state index contributed by atoms with van der Waals surface area (Å²) in [5.41, 5.74) is 1.70. The fourth-order valence-corrected chi connectivity index (χ4v) is 2.72. The van der Waals surface area contributed by atoms with Gasteiger partial charge in [-0.15, -0.1) is 0 Å². The lowest BCUT2D eigenvalue weighted by molar-refractivity contribution is -0.0486. The summed E-state index contributed by atoms with van der Waals surface area (Å²) in [7, 11) is 1.64. The Kier molecular flexibility index (Phi) is 4.57. The first-order valence-corrected chi connectivity index (χ1v) is 7.65. The molecule has 2 aromatic rings. The van der Waals surface area contributed by atoms with Gasteiger partial charge in [0.05, 0.1) is 26.3 Å². The standard InChI is InChI=1S/C18H20N2O3/c1-13-12-23-17(14-3-5-16(22-2)6-4-14)11-20(13)18(21)15-7-9-19-10-8-15/h3-10,13,17H,11-12H2,1-2H3. The summed E-state index contributed by atoms with van der Waals surface area (Å²) in [6.07, 6.45) is 3.15. The predicted octanol–water partition coefficient (Wildman–Crippen LogP) is 2.69. The molecule has 0 radical (unpaired) electrons. The van der Waals surface area contributed by atoms with Crippen molar-refractivity contribution in [1.82, 2.24) is 9.88 Å². The van der Waals surface area contributed by atoms with Crippen LogP contribution < -0.4 is 4.74 Å². The molecular weight excluding hydrogens is 292 g/mol. The van der Waals surface area contributed by atoms with Crippen LogP contribution in [0.3, 0.4) is 0 Å². The van der Waals surface area contributed by atoms with Gasteiger partial charge in [-0.2, -0.15) is 0 Å². The zero-order valence-electron chi connectivity index (χ0n) is 13.3. The Morgan fingerprint density at radius 2 is 1.91 bits per heavy atom. The zero-order chi connectivity index (χ0) is 16.2. The summed E-state index contributed by atoms with van der Waals surface area (Å²) >= 11 is 0. The van der Waals surface area contributed by atoms with Gasteiger partial charge in [-0.3, -0.25) is 9.78 Å². The number of benzene rings is 1. The Bertz CT molecular complexity index is 658. The third-order valence-corrected chi connectivity index (χ3v) is 4.11. The number of pyridine rings is 1. The first kappa shape index (κ1) is 15.5. The van der Waals surface area contributed by atoms with E-state index in [0.717, 1.165) is 11.3 Å². The molecule has 3 rings (SSSR count). The van der Waals surface area contributed by atoms with E-state index in [1.807, 2.05) is 36.1 Å². The van der Waals surface area contributed by atoms with Crippen LogP contribution in [0.25, 0.3) is 0 Å². The van der Waals surface area contributed by atoms with Gasteiger partial charge in [0.2, 0.25) is 0 Å². The fourth-order valence-electron chi connectivity index (χ4n) is 2.72. The number of amides is 1. The molecular formula is C18H20N2O3. The molecule has 1 aromatic heterocycles. The minimum Gasteiger partial charge on any atom is -0.497 e. The van der Waals surface area contributed by atoms with Crippen LogP contribution in [0.1, 0.15) is 28.9 Å². The van der Waals surface area contributed by atoms with Crippen molar-refractivity contribution in [1.29, 1.82) is 0 Å². The number of hydrogen-bond donors (Lipinski definition) is 0. The number of ether oxygens (including phenoxy) is 2. The molecule has 0 aliphatic carbocycles. The van der Waals surface area contributed by atoms with E-state index in [-0.39, 0.29) is 18.1 Å². The number of nitrogens with zero attached hydrogens (tertiary/aromatic N) is 2. The number of rotatable bonds is 3. The molecule has 0 saturated carbocycles. The lowest BCUT2D eigenvalue weighted by Gasteiger charge is -2.38. The molecule has 0 spiro atoms. The Morgan fingerprint density at radius 3 is 2.57 bits per heavy atom. The van der Waals surface area contributed by atoms with Crippen molar-refractivity contribution in [2.75, 3.05) is 20.3 Å². The summed E-state index contributed by atoms with van der Waals surface area (Å²) in [6, 6.07) is 11.3. The number of hydrogen-bond acceptors (Lipinski definition) is 4. The third kappa shape index (κ3) is 3.35. The fraction of sp³-hybridized carbons (Fsp3) is 0.333. The SMILES string of the molecule is COc1ccc(C2CN(C(=O)c3ccncc3)C(C)CO2)cc1. The second-order valence-corrected chi connectivity index (χ2v) is 5.64. The second kappa shape index (κ2) is 6.79. The number of aromatic nitrogens is 1. The highest BCUT2D eigenvalue weighted by molar-refractivity contribution is 5.94. The quantitative estimate of drug-likeness (QED) is 0.874. The van der Waals surface area contributed by atoms with Gasteiger partial charge in [0, 0.05) is 18.0 Å². The van der Waals surface area contributed by atoms with E-state index in [2.05, 4.69) is 4.98 Å². The van der Waals surface area contributed by atoms with E-state index in [1.54, 1.807) is 31.6 Å². The minimum atomic E-state index is -0.122. The molecule has 1 aliphatic rings. The molecule has 1 aromatic carbocycles. The van der Waals surface area contributed by atoms with Crippen LogP contribution in [0.4, 0.5) is 0 Å². The summed E-state index contributed by atoms with van der Waals surface area (Å²) in [6.45, 7) is 3.06. The van der Waals surface area contributed by atoms with Gasteiger partial charge in [0.1, 0.15) is 11.9 Å². The molecule has 2 heterocycles. The molecule has 120 valence electrons. The largest absolute Gasteiger partial charge is 0.497 e. The predicted molar refractivity (Wildman–Crippen MR) is 86.4 cm³/mol. The average Bonchev–Trinajstić information content (AvgIpc) is 2.62. The summed E-state index contributed by atoms with van der Waals surface area (Å²) < 4.78 is 11.1. The second-order valence-electron chi connectivity index (χ2n) is 5.64. The van der Waals surface area contributed by atoms with Gasteiger partial charge in [-0.05, 0) is 36.8 Å². The Hall–Kier alpha value is -2.40. The molecule has 1 aliphatic heterocycles. The Balaban J connectivity index is 1.77. The van der Waals surface area contributed by atoms with Crippen LogP contribution >= 0.6 is 0 Å². The van der Waals surface area contributed by atoms with Crippen molar-refractivity contribution < 1.29 is 14.3 Å². The van der Waals surface area contributed by atoms with Crippen LogP contribution in [-0.2, 0) is 4.74 Å². The summed E-state index contributed by atoms with van der Waals surface area (Å²) in [4.78, 5) is 18.5. The third-order valence-electron chi connectivity index (χ3n) is 4.11. The van der Waals surface area contributed by atoms with Crippen molar-refractivity contribution in [3.63, 3.8) is 0 Å². The molecule has 5 heteroatoms. The van der Waals surface area contributed by atoms with Gasteiger partial charge in [0.25, 0.3) is 5.91 Å². The Labute approximate surface area is 135 Å². The van der Waals surface area contributed by atoms with Crippen LogP contribution in [0.2, 0.25) is 0 Å². The highest BCUT2D eigenvalue weighted by atomic mass is 16.5. The maximum atomic E-state index is 12.7. The molecule has 0 bridgehead atoms. The molecule has 23 heavy (non-hydrogen) atoms. The highest BCUT2D eigenvalue weighted by Crippen LogP contribution is 2.27. The van der Waals surface area contributed by atoms with E-state index in [0.29, 0.717) is 18.7 Å². The molecule has 2 unspecified atom stereocenters. The molecule has 2 atom stereocenters. The van der Waals surface area contributed by atoms with Crippen molar-refractivity contribution in [2.24, 2.45) is 0 Å². The maximum absolute atomic E-state index is 12.7. The van der Waals surface area contributed by atoms with E-state index in [4.69, 9.17) is 9.47 Å². The number of morpholine rings is 1. The smallest absolute Gasteiger partial charge is 0.254 e. The van der Waals surface area contributed by atoms with Gasteiger partial charge in [-0.25, -0.2) is 0 Å². The van der Waals surface area contributed by atoms with E-state index in [1.165, 1.54) is 0 Å². The normalized spacial score (nSPS) is 21.0. The molecule has 1 saturated heterocycles. The van der Waals surface area contributed by atoms with E-state index in [9.17, 15) is 4.79 Å². The molecule has 0 N–H and O–H groups in total. The first-order valence-electron chi connectivity index (χ1n) is 7.65. The van der Waals surface area contributed by atoms with Crippen LogP contribution in [0.5, 0.6) is 5.75 Å². The zero-order valence-corrected chi connectivity index (χ0v) is 13.3. The van der Waals surface area contributed by atoms with Crippen molar-refractivity contribution in [2.45, 2.75) is 19.1 Å². The lowest BCUT2D eigenvalue weighted by Crippen LogP contribution is -2.48. The average molecular weight is 312 g/mol. The van der Waals surface area contributed by atoms with Gasteiger partial charge < -0.3 is 14.4 Å². The summed E-state index contributed by atoms with van der Waals surface area (Å²) in [5.74, 6) is 0.823. The van der Waals surface area contributed by atoms with Crippen molar-refractivity contribution in [3.8, 4) is 5.75 Å². The van der Waals surface area contributed by atoms with Gasteiger partial charge in [0.15, 0.2) is 0 Å². The van der Waals surface area contributed by atoms with Gasteiger partial charge >= 0.3 is 0 Å². The van der Waals surface area contributed by atoms with Gasteiger partial charge in [-0.1, -0.05) is 12.1 Å². The van der Waals surface area contributed by atoms with Crippen molar-refractivity contribution >= 4 is 5.91 Å². The van der Waals surface area contributed by atoms with E-state index >= 15 is 0 Å². The molecule has 1 amide bonds. The molecule has 1 fully saturated rings. The van der Waals surface area contributed by atoms with Crippen LogP contribution in [0.15, 0.2) is 48.8 Å². The lowest BCUT2D eigenvalue weighted by atomic mass is 10.0. The molecule has 5 nitrogen and oxygen atoms in total. The number of carbonyl (C=O) groups excluding carboxylic acids is 1. The van der Waals surface area contributed by atoms with E-state index < -0.39 is 0 Å². The number of methoxy groups -OCH3 is 1. The van der Waals surface area contributed by atoms with Crippen LogP contribution in [-0.4, -0.2) is 42.1 Å². The Morgan fingerprint density at radius 1 is 1.22 bits per heavy atom. The number of carbonyl (C=O) groups is 1. The minimum absolute atomic E-state index is 0.0155. The van der Waals surface area contributed by atoms with Crippen LogP contribution in [0, 0.1) is 0 Å². The summed E-state index contributed by atoms with van der Waals surface area (Å²) in [5, 5.41) is 0. The first-order chi connectivity index (χ1) is 11.2. The van der Waals surface area contributed by atoms with Crippen molar-refractivity contribution in [3.05, 3.63) is 59.9 Å².